The Kier molecular flexibility index (Phi) is 10.8. The largest absolute Gasteiger partial charge is 0.357 e. The summed E-state index contributed by atoms with van der Waals surface area (Å²) in [7, 11) is 2.19. The standard InChI is InChI=1S/C20H32N4.HI/c1-4-21-20(23-19-12-8-9-13-19)22-15-14-17(2)24(3)16-18-10-6-5-7-11-18;/h5-11,17,19H,4,12-16H2,1-3H3,(H2,21,22,23);1H. The highest BCUT2D eigenvalue weighted by Gasteiger charge is 2.12. The third-order valence-electron chi connectivity index (χ3n) is 4.54. The number of guanidine groups is 1. The highest BCUT2D eigenvalue weighted by molar-refractivity contribution is 14.0. The molecule has 0 bridgehead atoms. The molecule has 25 heavy (non-hydrogen) atoms. The van der Waals surface area contributed by atoms with Crippen molar-refractivity contribution in [3.8, 4) is 0 Å². The molecule has 140 valence electrons. The van der Waals surface area contributed by atoms with Crippen LogP contribution in [0.25, 0.3) is 0 Å². The topological polar surface area (TPSA) is 39.7 Å². The van der Waals surface area contributed by atoms with Crippen molar-refractivity contribution in [3.63, 3.8) is 0 Å². The Labute approximate surface area is 170 Å². The Hall–Kier alpha value is -1.08. The molecule has 0 aromatic heterocycles. The molecule has 0 aliphatic heterocycles. The Morgan fingerprint density at radius 3 is 2.56 bits per heavy atom. The van der Waals surface area contributed by atoms with Crippen LogP contribution < -0.4 is 10.6 Å². The number of nitrogens with zero attached hydrogens (tertiary/aromatic N) is 2. The van der Waals surface area contributed by atoms with Gasteiger partial charge in [0.2, 0.25) is 0 Å². The zero-order valence-corrected chi connectivity index (χ0v) is 18.1. The monoisotopic (exact) mass is 456 g/mol. The molecule has 1 aromatic rings. The Morgan fingerprint density at radius 2 is 1.92 bits per heavy atom. The van der Waals surface area contributed by atoms with Crippen LogP contribution in [0.1, 0.15) is 38.7 Å². The number of aliphatic imine (C=N–C) groups is 1. The molecule has 1 aromatic carbocycles. The summed E-state index contributed by atoms with van der Waals surface area (Å²) in [5, 5.41) is 6.87. The molecule has 0 radical (unpaired) electrons. The highest BCUT2D eigenvalue weighted by atomic mass is 127. The first-order valence-corrected chi connectivity index (χ1v) is 9.13. The van der Waals surface area contributed by atoms with E-state index in [1.54, 1.807) is 0 Å². The van der Waals surface area contributed by atoms with E-state index in [9.17, 15) is 0 Å². The van der Waals surface area contributed by atoms with E-state index in [4.69, 9.17) is 4.99 Å². The molecule has 5 heteroatoms. The number of nitrogens with one attached hydrogen (secondary N) is 2. The van der Waals surface area contributed by atoms with Crippen LogP contribution in [-0.4, -0.2) is 43.1 Å². The number of hydrogen-bond acceptors (Lipinski definition) is 2. The van der Waals surface area contributed by atoms with Crippen LogP contribution >= 0.6 is 24.0 Å². The lowest BCUT2D eigenvalue weighted by molar-refractivity contribution is 0.240. The van der Waals surface area contributed by atoms with Gasteiger partial charge >= 0.3 is 0 Å². The smallest absolute Gasteiger partial charge is 0.191 e. The van der Waals surface area contributed by atoms with Crippen LogP contribution in [0.15, 0.2) is 47.5 Å². The van der Waals surface area contributed by atoms with E-state index in [1.807, 2.05) is 0 Å². The van der Waals surface area contributed by atoms with Crippen molar-refractivity contribution in [1.82, 2.24) is 15.5 Å². The van der Waals surface area contributed by atoms with Gasteiger partial charge in [-0.15, -0.1) is 24.0 Å². The fraction of sp³-hybridized carbons (Fsp3) is 0.550. The fourth-order valence-electron chi connectivity index (χ4n) is 2.86. The van der Waals surface area contributed by atoms with Crippen LogP contribution in [0.5, 0.6) is 0 Å². The summed E-state index contributed by atoms with van der Waals surface area (Å²) >= 11 is 0. The minimum Gasteiger partial charge on any atom is -0.357 e. The summed E-state index contributed by atoms with van der Waals surface area (Å²) in [6.45, 7) is 7.11. The minimum atomic E-state index is 0. The highest BCUT2D eigenvalue weighted by Crippen LogP contribution is 2.10. The van der Waals surface area contributed by atoms with Crippen LogP contribution in [0.3, 0.4) is 0 Å². The molecule has 2 N–H and O–H groups in total. The predicted octanol–water partition coefficient (Wildman–Crippen LogP) is 3.79. The maximum atomic E-state index is 4.75. The second-order valence-corrected chi connectivity index (χ2v) is 6.58. The van der Waals surface area contributed by atoms with Gasteiger partial charge in [-0.1, -0.05) is 42.5 Å². The molecule has 1 aliphatic carbocycles. The van der Waals surface area contributed by atoms with Crippen molar-refractivity contribution >= 4 is 29.9 Å². The average molecular weight is 456 g/mol. The van der Waals surface area contributed by atoms with Crippen molar-refractivity contribution in [3.05, 3.63) is 48.0 Å². The van der Waals surface area contributed by atoms with E-state index in [1.165, 1.54) is 5.56 Å². The lowest BCUT2D eigenvalue weighted by Gasteiger charge is -2.24. The van der Waals surface area contributed by atoms with Gasteiger partial charge in [-0.3, -0.25) is 9.89 Å². The summed E-state index contributed by atoms with van der Waals surface area (Å²) in [6, 6.07) is 11.6. The van der Waals surface area contributed by atoms with Gasteiger partial charge in [0, 0.05) is 31.7 Å². The number of hydrogen-bond donors (Lipinski definition) is 2. The van der Waals surface area contributed by atoms with E-state index in [0.29, 0.717) is 12.1 Å². The second-order valence-electron chi connectivity index (χ2n) is 6.58. The molecular weight excluding hydrogens is 423 g/mol. The third kappa shape index (κ3) is 8.23. The molecule has 0 fully saturated rings. The van der Waals surface area contributed by atoms with Gasteiger partial charge in [0.1, 0.15) is 0 Å². The number of benzene rings is 1. The van der Waals surface area contributed by atoms with Crippen LogP contribution in [0, 0.1) is 0 Å². The van der Waals surface area contributed by atoms with Gasteiger partial charge in [0.05, 0.1) is 0 Å². The molecule has 1 aliphatic rings. The third-order valence-corrected chi connectivity index (χ3v) is 4.54. The lowest BCUT2D eigenvalue weighted by Crippen LogP contribution is -2.42. The molecule has 0 saturated heterocycles. The fourth-order valence-corrected chi connectivity index (χ4v) is 2.86. The van der Waals surface area contributed by atoms with Crippen LogP contribution in [0.2, 0.25) is 0 Å². The molecule has 0 amide bonds. The molecule has 1 atom stereocenters. The van der Waals surface area contributed by atoms with E-state index < -0.39 is 0 Å². The van der Waals surface area contributed by atoms with E-state index >= 15 is 0 Å². The Balaban J connectivity index is 0.00000312. The number of rotatable bonds is 8. The van der Waals surface area contributed by atoms with Crippen molar-refractivity contribution in [1.29, 1.82) is 0 Å². The summed E-state index contributed by atoms with van der Waals surface area (Å²) in [6.07, 6.45) is 7.73. The normalized spacial score (nSPS) is 15.9. The summed E-state index contributed by atoms with van der Waals surface area (Å²) in [5.74, 6) is 0.948. The van der Waals surface area contributed by atoms with Crippen LogP contribution in [-0.2, 0) is 6.54 Å². The zero-order chi connectivity index (χ0) is 17.2. The Bertz CT molecular complexity index is 522. The maximum absolute atomic E-state index is 4.75. The molecule has 0 saturated carbocycles. The summed E-state index contributed by atoms with van der Waals surface area (Å²) in [5.41, 5.74) is 1.36. The molecule has 0 spiro atoms. The SMILES string of the molecule is CCNC(=NCCC(C)N(C)Cc1ccccc1)NC1CC=CC1.I. The van der Waals surface area contributed by atoms with Gasteiger partial charge < -0.3 is 10.6 Å². The first kappa shape index (κ1) is 22.0. The molecule has 4 nitrogen and oxygen atoms in total. The first-order chi connectivity index (χ1) is 11.7. The van der Waals surface area contributed by atoms with Crippen molar-refractivity contribution in [2.75, 3.05) is 20.1 Å². The molecule has 1 unspecified atom stereocenters. The van der Waals surface area contributed by atoms with Crippen molar-refractivity contribution < 1.29 is 0 Å². The lowest BCUT2D eigenvalue weighted by atomic mass is 10.1. The maximum Gasteiger partial charge on any atom is 0.191 e. The van der Waals surface area contributed by atoms with Gasteiger partial charge in [0.15, 0.2) is 5.96 Å². The molecular formula is C20H33IN4. The van der Waals surface area contributed by atoms with Crippen molar-refractivity contribution in [2.45, 2.75) is 51.7 Å². The zero-order valence-electron chi connectivity index (χ0n) is 15.7. The van der Waals surface area contributed by atoms with E-state index in [2.05, 4.69) is 78.9 Å². The molecule has 0 heterocycles. The minimum absolute atomic E-state index is 0. The second kappa shape index (κ2) is 12.3. The van der Waals surface area contributed by atoms with Crippen LogP contribution in [0.4, 0.5) is 0 Å². The van der Waals surface area contributed by atoms with Crippen molar-refractivity contribution in [2.24, 2.45) is 4.99 Å². The summed E-state index contributed by atoms with van der Waals surface area (Å²) < 4.78 is 0. The van der Waals surface area contributed by atoms with E-state index in [0.717, 1.165) is 44.9 Å². The van der Waals surface area contributed by atoms with Gasteiger partial charge in [-0.2, -0.15) is 0 Å². The van der Waals surface area contributed by atoms with Gasteiger partial charge in [-0.25, -0.2) is 0 Å². The van der Waals surface area contributed by atoms with Gasteiger partial charge in [0.25, 0.3) is 0 Å². The molecule has 2 rings (SSSR count). The Morgan fingerprint density at radius 1 is 1.24 bits per heavy atom. The quantitative estimate of drug-likeness (QED) is 0.271. The van der Waals surface area contributed by atoms with Gasteiger partial charge in [-0.05, 0) is 45.7 Å². The summed E-state index contributed by atoms with van der Waals surface area (Å²) in [4.78, 5) is 7.14. The number of halogens is 1. The van der Waals surface area contributed by atoms with E-state index in [-0.39, 0.29) is 24.0 Å². The first-order valence-electron chi connectivity index (χ1n) is 9.13. The average Bonchev–Trinajstić information content (AvgIpc) is 3.09. The predicted molar refractivity (Wildman–Crippen MR) is 119 cm³/mol.